The summed E-state index contributed by atoms with van der Waals surface area (Å²) in [5.41, 5.74) is 1.16. The monoisotopic (exact) mass is 342 g/mol. The molecular weight excluding hydrogens is 323 g/mol. The highest BCUT2D eigenvalue weighted by molar-refractivity contribution is 14.1. The minimum atomic E-state index is 0.325. The quantitative estimate of drug-likeness (QED) is 0.752. The second-order valence-corrected chi connectivity index (χ2v) is 6.47. The zero-order valence-corrected chi connectivity index (χ0v) is 12.4. The number of hydrogen-bond donors (Lipinski definition) is 0. The van der Waals surface area contributed by atoms with E-state index >= 15 is 0 Å². The molecular formula is C15H19IO. The third-order valence-electron chi connectivity index (χ3n) is 3.76. The first-order valence-electron chi connectivity index (χ1n) is 6.42. The van der Waals surface area contributed by atoms with Crippen LogP contribution in [0.15, 0.2) is 24.3 Å². The summed E-state index contributed by atoms with van der Waals surface area (Å²) < 4.78 is 1.23. The van der Waals surface area contributed by atoms with Crippen LogP contribution in [0.25, 0.3) is 0 Å². The number of hydrogen-bond acceptors (Lipinski definition) is 1. The van der Waals surface area contributed by atoms with Crippen LogP contribution in [0.4, 0.5) is 0 Å². The van der Waals surface area contributed by atoms with E-state index in [1.54, 1.807) is 0 Å². The van der Waals surface area contributed by atoms with Crippen molar-refractivity contribution >= 4 is 28.4 Å². The van der Waals surface area contributed by atoms with E-state index in [2.05, 4.69) is 53.8 Å². The van der Waals surface area contributed by atoms with Gasteiger partial charge in [-0.15, -0.1) is 0 Å². The Morgan fingerprint density at radius 1 is 1.18 bits per heavy atom. The third-order valence-corrected chi connectivity index (χ3v) is 4.48. The Kier molecular flexibility index (Phi) is 4.60. The second-order valence-electron chi connectivity index (χ2n) is 5.23. The molecule has 0 heterocycles. The molecule has 0 atom stereocenters. The van der Waals surface area contributed by atoms with Crippen LogP contribution in [0.5, 0.6) is 0 Å². The molecule has 0 radical (unpaired) electrons. The van der Waals surface area contributed by atoms with E-state index in [0.29, 0.717) is 18.1 Å². The lowest BCUT2D eigenvalue weighted by atomic mass is 9.80. The fraction of sp³-hybridized carbons (Fsp3) is 0.533. The van der Waals surface area contributed by atoms with Gasteiger partial charge in [-0.1, -0.05) is 31.9 Å². The predicted molar refractivity (Wildman–Crippen MR) is 79.0 cm³/mol. The van der Waals surface area contributed by atoms with Crippen LogP contribution < -0.4 is 0 Å². The third kappa shape index (κ3) is 3.80. The Hall–Kier alpha value is -0.380. The summed E-state index contributed by atoms with van der Waals surface area (Å²) in [7, 11) is 0. The molecule has 2 rings (SSSR count). The van der Waals surface area contributed by atoms with Crippen LogP contribution in [0, 0.1) is 15.4 Å². The molecule has 92 valence electrons. The number of ketones is 1. The minimum absolute atomic E-state index is 0.325. The molecule has 1 fully saturated rings. The Labute approximate surface area is 117 Å². The van der Waals surface area contributed by atoms with Crippen LogP contribution in [0.1, 0.15) is 38.2 Å². The second kappa shape index (κ2) is 5.98. The maximum Gasteiger partial charge on any atom is 0.140 e. The summed E-state index contributed by atoms with van der Waals surface area (Å²) in [4.78, 5) is 12.2. The van der Waals surface area contributed by atoms with Crippen molar-refractivity contribution in [3.05, 3.63) is 33.4 Å². The van der Waals surface area contributed by atoms with Crippen LogP contribution in [-0.2, 0) is 11.2 Å². The molecule has 1 nitrogen and oxygen atoms in total. The van der Waals surface area contributed by atoms with E-state index in [-0.39, 0.29) is 0 Å². The van der Waals surface area contributed by atoms with Gasteiger partial charge >= 0.3 is 0 Å². The molecule has 0 aliphatic heterocycles. The number of halogens is 1. The van der Waals surface area contributed by atoms with Crippen LogP contribution in [0.2, 0.25) is 0 Å². The maximum atomic E-state index is 12.2. The number of carbonyl (C=O) groups is 1. The van der Waals surface area contributed by atoms with Gasteiger partial charge in [0, 0.05) is 15.9 Å². The topological polar surface area (TPSA) is 17.1 Å². The van der Waals surface area contributed by atoms with Gasteiger partial charge in [0.1, 0.15) is 5.78 Å². The van der Waals surface area contributed by atoms with E-state index in [0.717, 1.165) is 24.3 Å². The van der Waals surface area contributed by atoms with E-state index in [1.165, 1.54) is 16.4 Å². The summed E-state index contributed by atoms with van der Waals surface area (Å²) in [5.74, 6) is 1.58. The van der Waals surface area contributed by atoms with E-state index < -0.39 is 0 Å². The SMILES string of the molecule is CC1CCC(C(=O)Cc2ccc(I)cc2)CC1. The molecule has 1 aliphatic carbocycles. The van der Waals surface area contributed by atoms with Crippen molar-refractivity contribution in [3.8, 4) is 0 Å². The Morgan fingerprint density at radius 2 is 1.76 bits per heavy atom. The lowest BCUT2D eigenvalue weighted by molar-refractivity contribution is -0.123. The summed E-state index contributed by atoms with van der Waals surface area (Å²) in [6.45, 7) is 2.29. The van der Waals surface area contributed by atoms with Crippen molar-refractivity contribution in [2.45, 2.75) is 39.0 Å². The van der Waals surface area contributed by atoms with Crippen molar-refractivity contribution in [3.63, 3.8) is 0 Å². The van der Waals surface area contributed by atoms with Gasteiger partial charge < -0.3 is 0 Å². The van der Waals surface area contributed by atoms with Gasteiger partial charge in [-0.05, 0) is 59.0 Å². The summed E-state index contributed by atoms with van der Waals surface area (Å²) >= 11 is 2.29. The maximum absolute atomic E-state index is 12.2. The Bertz CT molecular complexity index is 374. The molecule has 0 saturated heterocycles. The van der Waals surface area contributed by atoms with Gasteiger partial charge in [-0.25, -0.2) is 0 Å². The van der Waals surface area contributed by atoms with Crippen LogP contribution in [0.3, 0.4) is 0 Å². The first-order chi connectivity index (χ1) is 8.15. The predicted octanol–water partition coefficient (Wildman–Crippen LogP) is 4.23. The van der Waals surface area contributed by atoms with E-state index in [1.807, 2.05) is 0 Å². The normalized spacial score (nSPS) is 24.6. The number of rotatable bonds is 3. The molecule has 0 amide bonds. The molecule has 2 heteroatoms. The van der Waals surface area contributed by atoms with Gasteiger partial charge in [-0.2, -0.15) is 0 Å². The average Bonchev–Trinajstić information content (AvgIpc) is 2.33. The largest absolute Gasteiger partial charge is 0.299 e. The fourth-order valence-corrected chi connectivity index (χ4v) is 2.89. The van der Waals surface area contributed by atoms with Crippen molar-refractivity contribution < 1.29 is 4.79 Å². The van der Waals surface area contributed by atoms with Crippen molar-refractivity contribution in [2.75, 3.05) is 0 Å². The lowest BCUT2D eigenvalue weighted by Crippen LogP contribution is -2.22. The van der Waals surface area contributed by atoms with Gasteiger partial charge in [0.2, 0.25) is 0 Å². The number of benzene rings is 1. The van der Waals surface area contributed by atoms with Gasteiger partial charge in [0.15, 0.2) is 0 Å². The molecule has 0 bridgehead atoms. The first-order valence-corrected chi connectivity index (χ1v) is 7.50. The standard InChI is InChI=1S/C15H19IO/c1-11-2-6-13(7-3-11)15(17)10-12-4-8-14(16)9-5-12/h4-5,8-9,11,13H,2-3,6-7,10H2,1H3. The highest BCUT2D eigenvalue weighted by atomic mass is 127. The van der Waals surface area contributed by atoms with Crippen LogP contribution >= 0.6 is 22.6 Å². The molecule has 1 aliphatic rings. The fourth-order valence-electron chi connectivity index (χ4n) is 2.53. The van der Waals surface area contributed by atoms with E-state index in [9.17, 15) is 4.79 Å². The summed E-state index contributed by atoms with van der Waals surface area (Å²) in [6.07, 6.45) is 5.27. The first kappa shape index (κ1) is 13.1. The van der Waals surface area contributed by atoms with Crippen molar-refractivity contribution in [1.29, 1.82) is 0 Å². The van der Waals surface area contributed by atoms with Crippen LogP contribution in [-0.4, -0.2) is 5.78 Å². The number of carbonyl (C=O) groups excluding carboxylic acids is 1. The van der Waals surface area contributed by atoms with Crippen molar-refractivity contribution in [2.24, 2.45) is 11.8 Å². The highest BCUT2D eigenvalue weighted by Crippen LogP contribution is 2.29. The Morgan fingerprint density at radius 3 is 2.35 bits per heavy atom. The smallest absolute Gasteiger partial charge is 0.140 e. The number of Topliss-reactive ketones (excluding diaryl/α,β-unsaturated/α-hetero) is 1. The minimum Gasteiger partial charge on any atom is -0.299 e. The molecule has 0 aromatic heterocycles. The average molecular weight is 342 g/mol. The molecule has 0 unspecified atom stereocenters. The molecule has 17 heavy (non-hydrogen) atoms. The molecule has 0 spiro atoms. The van der Waals surface area contributed by atoms with Gasteiger partial charge in [0.05, 0.1) is 0 Å². The van der Waals surface area contributed by atoms with Gasteiger partial charge in [-0.3, -0.25) is 4.79 Å². The molecule has 1 aromatic rings. The molecule has 1 aromatic carbocycles. The zero-order chi connectivity index (χ0) is 12.3. The van der Waals surface area contributed by atoms with Crippen molar-refractivity contribution in [1.82, 2.24) is 0 Å². The van der Waals surface area contributed by atoms with E-state index in [4.69, 9.17) is 0 Å². The molecule has 0 N–H and O–H groups in total. The lowest BCUT2D eigenvalue weighted by Gasteiger charge is -2.25. The highest BCUT2D eigenvalue weighted by Gasteiger charge is 2.23. The Balaban J connectivity index is 1.90. The summed E-state index contributed by atoms with van der Waals surface area (Å²) in [6, 6.07) is 8.30. The zero-order valence-electron chi connectivity index (χ0n) is 10.3. The van der Waals surface area contributed by atoms with Gasteiger partial charge in [0.25, 0.3) is 0 Å². The summed E-state index contributed by atoms with van der Waals surface area (Å²) in [5, 5.41) is 0. The molecule has 1 saturated carbocycles.